The summed E-state index contributed by atoms with van der Waals surface area (Å²) in [6.45, 7) is 0. The van der Waals surface area contributed by atoms with Gasteiger partial charge in [-0.2, -0.15) is 23.0 Å². The number of alkyl halides is 3. The number of primary amides is 1. The van der Waals surface area contributed by atoms with E-state index < -0.39 is 17.9 Å². The maximum absolute atomic E-state index is 12.0. The number of carbonyl (C=O) groups excluding carboxylic acids is 1. The maximum atomic E-state index is 12.0. The van der Waals surface area contributed by atoms with Gasteiger partial charge in [-0.05, 0) is 6.07 Å². The van der Waals surface area contributed by atoms with Crippen molar-refractivity contribution in [2.24, 2.45) is 5.73 Å². The van der Waals surface area contributed by atoms with Crippen molar-refractivity contribution in [2.75, 3.05) is 0 Å². The first-order valence-electron chi connectivity index (χ1n) is 2.76. The van der Waals surface area contributed by atoms with Crippen molar-refractivity contribution in [3.05, 3.63) is 18.0 Å². The second-order valence-electron chi connectivity index (χ2n) is 1.91. The SMILES string of the molecule is NC(=O)n1n[c]cc1C(F)(F)F. The number of hydrogen-bond acceptors (Lipinski definition) is 2. The quantitative estimate of drug-likeness (QED) is 0.633. The summed E-state index contributed by atoms with van der Waals surface area (Å²) in [5.74, 6) is 0. The number of nitrogens with two attached hydrogens (primary N) is 1. The summed E-state index contributed by atoms with van der Waals surface area (Å²) in [5, 5.41) is 2.98. The maximum Gasteiger partial charge on any atom is 0.433 e. The fourth-order valence-electron chi connectivity index (χ4n) is 0.633. The summed E-state index contributed by atoms with van der Waals surface area (Å²) >= 11 is 0. The highest BCUT2D eigenvalue weighted by molar-refractivity contribution is 5.74. The third-order valence-corrected chi connectivity index (χ3v) is 1.09. The van der Waals surface area contributed by atoms with E-state index in [1.165, 1.54) is 0 Å². The Morgan fingerprint density at radius 2 is 2.25 bits per heavy atom. The molecule has 0 aliphatic carbocycles. The monoisotopic (exact) mass is 178 g/mol. The predicted molar refractivity (Wildman–Crippen MR) is 31.0 cm³/mol. The molecule has 0 aliphatic heterocycles. The van der Waals surface area contributed by atoms with E-state index in [-0.39, 0.29) is 4.68 Å². The van der Waals surface area contributed by atoms with Crippen molar-refractivity contribution in [1.82, 2.24) is 9.78 Å². The third-order valence-electron chi connectivity index (χ3n) is 1.09. The van der Waals surface area contributed by atoms with E-state index in [4.69, 9.17) is 0 Å². The molecule has 0 unspecified atom stereocenters. The van der Waals surface area contributed by atoms with E-state index in [2.05, 4.69) is 10.8 Å². The molecule has 0 bridgehead atoms. The number of amides is 1. The van der Waals surface area contributed by atoms with Gasteiger partial charge in [0.2, 0.25) is 0 Å². The molecule has 0 aliphatic rings. The van der Waals surface area contributed by atoms with Crippen LogP contribution in [0.1, 0.15) is 5.69 Å². The standard InChI is InChI=1S/C5H3F3N3O/c6-5(7,8)3-1-2-10-11(3)4(9)12/h1H,(H2,9,12). The summed E-state index contributed by atoms with van der Waals surface area (Å²) in [6, 6.07) is -0.742. The van der Waals surface area contributed by atoms with Gasteiger partial charge in [0.25, 0.3) is 0 Å². The minimum absolute atomic E-state index is 0.0417. The molecule has 4 nitrogen and oxygen atoms in total. The highest BCUT2D eigenvalue weighted by Gasteiger charge is 2.36. The number of halogens is 3. The topological polar surface area (TPSA) is 60.9 Å². The van der Waals surface area contributed by atoms with E-state index in [1.807, 2.05) is 6.20 Å². The summed E-state index contributed by atoms with van der Waals surface area (Å²) in [7, 11) is 0. The lowest BCUT2D eigenvalue weighted by Gasteiger charge is -2.05. The highest BCUT2D eigenvalue weighted by atomic mass is 19.4. The Kier molecular flexibility index (Phi) is 1.79. The minimum Gasteiger partial charge on any atom is -0.350 e. The van der Waals surface area contributed by atoms with Crippen LogP contribution in [0.2, 0.25) is 0 Å². The van der Waals surface area contributed by atoms with Gasteiger partial charge in [-0.15, -0.1) is 0 Å². The lowest BCUT2D eigenvalue weighted by Crippen LogP contribution is -2.26. The van der Waals surface area contributed by atoms with Crippen molar-refractivity contribution < 1.29 is 18.0 Å². The van der Waals surface area contributed by atoms with Crippen molar-refractivity contribution in [2.45, 2.75) is 6.18 Å². The Morgan fingerprint density at radius 1 is 1.67 bits per heavy atom. The Balaban J connectivity index is 3.17. The van der Waals surface area contributed by atoms with Gasteiger partial charge in [-0.3, -0.25) is 0 Å². The van der Waals surface area contributed by atoms with E-state index in [0.29, 0.717) is 6.07 Å². The van der Waals surface area contributed by atoms with Gasteiger partial charge < -0.3 is 5.73 Å². The number of nitrogens with zero attached hydrogens (tertiary/aromatic N) is 2. The van der Waals surface area contributed by atoms with Crippen LogP contribution in [0.5, 0.6) is 0 Å². The van der Waals surface area contributed by atoms with Crippen LogP contribution in [-0.2, 0) is 6.18 Å². The molecule has 0 saturated heterocycles. The fraction of sp³-hybridized carbons (Fsp3) is 0.200. The van der Waals surface area contributed by atoms with Crippen molar-refractivity contribution in [3.8, 4) is 0 Å². The molecular formula is C5H3F3N3O. The Bertz CT molecular complexity index is 303. The molecule has 12 heavy (non-hydrogen) atoms. The molecule has 0 atom stereocenters. The number of hydrogen-bond donors (Lipinski definition) is 1. The Morgan fingerprint density at radius 3 is 2.58 bits per heavy atom. The van der Waals surface area contributed by atoms with Crippen LogP contribution >= 0.6 is 0 Å². The van der Waals surface area contributed by atoms with E-state index >= 15 is 0 Å². The van der Waals surface area contributed by atoms with Crippen molar-refractivity contribution in [1.29, 1.82) is 0 Å². The Labute approximate surface area is 64.8 Å². The van der Waals surface area contributed by atoms with Crippen molar-refractivity contribution >= 4 is 6.03 Å². The summed E-state index contributed by atoms with van der Waals surface area (Å²) in [5.41, 5.74) is 3.37. The van der Waals surface area contributed by atoms with Crippen LogP contribution in [0, 0.1) is 6.20 Å². The van der Waals surface area contributed by atoms with Crippen LogP contribution in [0.25, 0.3) is 0 Å². The van der Waals surface area contributed by atoms with Gasteiger partial charge in [0.15, 0.2) is 5.69 Å². The first-order chi connectivity index (χ1) is 5.43. The lowest BCUT2D eigenvalue weighted by molar-refractivity contribution is -0.142. The zero-order chi connectivity index (χ0) is 9.35. The summed E-state index contributed by atoms with van der Waals surface area (Å²) < 4.78 is 35.9. The lowest BCUT2D eigenvalue weighted by atomic mass is 10.4. The molecule has 0 saturated carbocycles. The molecular weight excluding hydrogens is 175 g/mol. The minimum atomic E-state index is -4.64. The highest BCUT2D eigenvalue weighted by Crippen LogP contribution is 2.28. The van der Waals surface area contributed by atoms with Crippen LogP contribution in [0.4, 0.5) is 18.0 Å². The number of aromatic nitrogens is 2. The molecule has 1 radical (unpaired) electrons. The molecule has 0 spiro atoms. The molecule has 1 heterocycles. The second kappa shape index (κ2) is 2.50. The molecule has 2 N–H and O–H groups in total. The fourth-order valence-corrected chi connectivity index (χ4v) is 0.633. The van der Waals surface area contributed by atoms with Gasteiger partial charge in [0, 0.05) is 0 Å². The second-order valence-corrected chi connectivity index (χ2v) is 1.91. The predicted octanol–water partition coefficient (Wildman–Crippen LogP) is 0.629. The van der Waals surface area contributed by atoms with Gasteiger partial charge in [-0.25, -0.2) is 4.79 Å². The van der Waals surface area contributed by atoms with E-state index in [0.717, 1.165) is 0 Å². The van der Waals surface area contributed by atoms with Gasteiger partial charge in [-0.1, -0.05) is 0 Å². The average molecular weight is 178 g/mol. The van der Waals surface area contributed by atoms with Gasteiger partial charge in [0.1, 0.15) is 6.20 Å². The normalized spacial score (nSPS) is 11.6. The van der Waals surface area contributed by atoms with Crippen LogP contribution in [0.3, 0.4) is 0 Å². The van der Waals surface area contributed by atoms with Gasteiger partial charge in [0.05, 0.1) is 0 Å². The van der Waals surface area contributed by atoms with Crippen LogP contribution in [-0.4, -0.2) is 15.8 Å². The largest absolute Gasteiger partial charge is 0.433 e. The average Bonchev–Trinajstić information content (AvgIpc) is 2.30. The van der Waals surface area contributed by atoms with E-state index in [9.17, 15) is 18.0 Å². The zero-order valence-corrected chi connectivity index (χ0v) is 5.59. The smallest absolute Gasteiger partial charge is 0.350 e. The zero-order valence-electron chi connectivity index (χ0n) is 5.59. The number of rotatable bonds is 0. The molecule has 65 valence electrons. The molecule has 0 aromatic carbocycles. The summed E-state index contributed by atoms with van der Waals surface area (Å²) in [4.78, 5) is 10.3. The summed E-state index contributed by atoms with van der Waals surface area (Å²) in [6.07, 6.45) is -2.76. The first-order valence-corrected chi connectivity index (χ1v) is 2.76. The van der Waals surface area contributed by atoms with E-state index in [1.54, 1.807) is 0 Å². The molecule has 1 amide bonds. The molecule has 0 fully saturated rings. The van der Waals surface area contributed by atoms with Gasteiger partial charge >= 0.3 is 12.2 Å². The third kappa shape index (κ3) is 1.39. The van der Waals surface area contributed by atoms with Crippen LogP contribution in [0.15, 0.2) is 6.07 Å². The molecule has 1 aromatic rings. The molecule has 7 heteroatoms. The molecule has 1 rings (SSSR count). The van der Waals surface area contributed by atoms with Crippen molar-refractivity contribution in [3.63, 3.8) is 0 Å². The number of carbonyl (C=O) groups is 1. The molecule has 1 aromatic heterocycles. The first kappa shape index (κ1) is 8.57. The Hall–Kier alpha value is -1.53. The van der Waals surface area contributed by atoms with Crippen LogP contribution < -0.4 is 5.73 Å².